The zero-order chi connectivity index (χ0) is 12.8. The van der Waals surface area contributed by atoms with Gasteiger partial charge in [-0.2, -0.15) is 0 Å². The predicted molar refractivity (Wildman–Crippen MR) is 61.6 cm³/mol. The molecule has 0 spiro atoms. The molecule has 6 nitrogen and oxygen atoms in total. The molecule has 1 heterocycles. The Hall–Kier alpha value is -1.30. The first-order chi connectivity index (χ1) is 8.08. The summed E-state index contributed by atoms with van der Waals surface area (Å²) in [6.45, 7) is 3.19. The van der Waals surface area contributed by atoms with Gasteiger partial charge in [0.2, 0.25) is 0 Å². The summed E-state index contributed by atoms with van der Waals surface area (Å²) in [5, 5.41) is 20.0. The van der Waals surface area contributed by atoms with Gasteiger partial charge in [0.05, 0.1) is 0 Å². The molecule has 0 aromatic heterocycles. The lowest BCUT2D eigenvalue weighted by molar-refractivity contribution is -0.139. The lowest BCUT2D eigenvalue weighted by atomic mass is 10.1. The summed E-state index contributed by atoms with van der Waals surface area (Å²) in [6, 6.07) is -1.35. The number of hydrogen-bond acceptors (Lipinski definition) is 3. The normalized spacial score (nSPS) is 21.3. The number of carbonyl (C=O) groups excluding carboxylic acids is 1. The Balaban J connectivity index is 2.45. The van der Waals surface area contributed by atoms with E-state index in [0.29, 0.717) is 19.0 Å². The van der Waals surface area contributed by atoms with Crippen molar-refractivity contribution in [1.29, 1.82) is 0 Å². The Morgan fingerprint density at radius 2 is 2.24 bits per heavy atom. The molecular formula is C11H20N2O4. The Bertz CT molecular complexity index is 283. The number of rotatable bonds is 5. The number of nitrogens with one attached hydrogen (secondary N) is 1. The maximum atomic E-state index is 11.8. The van der Waals surface area contributed by atoms with E-state index in [4.69, 9.17) is 10.2 Å². The fourth-order valence-electron chi connectivity index (χ4n) is 1.98. The van der Waals surface area contributed by atoms with Gasteiger partial charge in [-0.1, -0.05) is 13.3 Å². The number of hydrogen-bond donors (Lipinski definition) is 3. The quantitative estimate of drug-likeness (QED) is 0.647. The largest absolute Gasteiger partial charge is 0.480 e. The topological polar surface area (TPSA) is 89.9 Å². The number of aliphatic hydroxyl groups excluding tert-OH is 1. The maximum absolute atomic E-state index is 11.8. The zero-order valence-corrected chi connectivity index (χ0v) is 10.1. The minimum atomic E-state index is -1.11. The first kappa shape index (κ1) is 13.8. The molecule has 2 amide bonds. The molecule has 1 fully saturated rings. The van der Waals surface area contributed by atoms with Crippen molar-refractivity contribution < 1.29 is 19.8 Å². The first-order valence-electron chi connectivity index (χ1n) is 5.97. The molecule has 0 bridgehead atoms. The van der Waals surface area contributed by atoms with E-state index in [1.165, 1.54) is 0 Å². The van der Waals surface area contributed by atoms with E-state index in [1.54, 1.807) is 4.90 Å². The minimum Gasteiger partial charge on any atom is -0.480 e. The van der Waals surface area contributed by atoms with E-state index in [1.807, 2.05) is 0 Å². The van der Waals surface area contributed by atoms with Crippen molar-refractivity contribution in [1.82, 2.24) is 10.2 Å². The Kier molecular flexibility index (Phi) is 5.21. The highest BCUT2D eigenvalue weighted by atomic mass is 16.4. The van der Waals surface area contributed by atoms with E-state index in [-0.39, 0.29) is 19.1 Å². The summed E-state index contributed by atoms with van der Waals surface area (Å²) in [4.78, 5) is 24.2. The number of amides is 2. The van der Waals surface area contributed by atoms with Crippen LogP contribution in [0.15, 0.2) is 0 Å². The third kappa shape index (κ3) is 3.89. The van der Waals surface area contributed by atoms with Gasteiger partial charge in [-0.3, -0.25) is 0 Å². The molecule has 1 aliphatic rings. The molecule has 0 aliphatic carbocycles. The molecule has 0 aromatic rings. The van der Waals surface area contributed by atoms with E-state index >= 15 is 0 Å². The first-order valence-corrected chi connectivity index (χ1v) is 5.97. The molecule has 0 radical (unpaired) electrons. The summed E-state index contributed by atoms with van der Waals surface area (Å²) in [5.74, 6) is -0.597. The number of likely N-dealkylation sites (tertiary alicyclic amines) is 1. The fourth-order valence-corrected chi connectivity index (χ4v) is 1.98. The minimum absolute atomic E-state index is 0.0338. The van der Waals surface area contributed by atoms with Crippen molar-refractivity contribution >= 4 is 12.0 Å². The van der Waals surface area contributed by atoms with Crippen molar-refractivity contribution in [2.24, 2.45) is 5.92 Å². The molecule has 1 aliphatic heterocycles. The van der Waals surface area contributed by atoms with Crippen molar-refractivity contribution in [2.75, 3.05) is 19.7 Å². The van der Waals surface area contributed by atoms with Gasteiger partial charge in [0, 0.05) is 26.1 Å². The van der Waals surface area contributed by atoms with Crippen LogP contribution in [-0.4, -0.2) is 52.9 Å². The lowest BCUT2D eigenvalue weighted by Gasteiger charge is -2.20. The van der Waals surface area contributed by atoms with Gasteiger partial charge in [-0.25, -0.2) is 9.59 Å². The number of carboxylic acids is 1. The summed E-state index contributed by atoms with van der Waals surface area (Å²) in [7, 11) is 0. The van der Waals surface area contributed by atoms with E-state index in [2.05, 4.69) is 12.2 Å². The second-order valence-corrected chi connectivity index (χ2v) is 4.36. The molecular weight excluding hydrogens is 224 g/mol. The van der Waals surface area contributed by atoms with Gasteiger partial charge in [-0.15, -0.1) is 0 Å². The van der Waals surface area contributed by atoms with Crippen LogP contribution in [0.4, 0.5) is 4.79 Å². The second kappa shape index (κ2) is 6.44. The van der Waals surface area contributed by atoms with Crippen LogP contribution in [0.3, 0.4) is 0 Å². The van der Waals surface area contributed by atoms with Crippen molar-refractivity contribution in [3.8, 4) is 0 Å². The molecule has 98 valence electrons. The zero-order valence-electron chi connectivity index (χ0n) is 10.1. The number of nitrogens with zero attached hydrogens (tertiary/aromatic N) is 1. The number of urea groups is 1. The van der Waals surface area contributed by atoms with E-state index < -0.39 is 12.0 Å². The van der Waals surface area contributed by atoms with Gasteiger partial charge in [0.25, 0.3) is 0 Å². The average molecular weight is 244 g/mol. The third-order valence-electron chi connectivity index (χ3n) is 3.16. The predicted octanol–water partition coefficient (Wildman–Crippen LogP) is 0.263. The van der Waals surface area contributed by atoms with Crippen LogP contribution in [-0.2, 0) is 4.79 Å². The van der Waals surface area contributed by atoms with Gasteiger partial charge >= 0.3 is 12.0 Å². The van der Waals surface area contributed by atoms with Crippen molar-refractivity contribution in [3.05, 3.63) is 0 Å². The summed E-state index contributed by atoms with van der Waals surface area (Å²) in [5.41, 5.74) is 0. The van der Waals surface area contributed by atoms with Crippen LogP contribution < -0.4 is 5.32 Å². The number of aliphatic hydroxyl groups is 1. The van der Waals surface area contributed by atoms with Crippen LogP contribution in [0.25, 0.3) is 0 Å². The third-order valence-corrected chi connectivity index (χ3v) is 3.16. The smallest absolute Gasteiger partial charge is 0.326 e. The van der Waals surface area contributed by atoms with Gasteiger partial charge in [0.1, 0.15) is 6.04 Å². The summed E-state index contributed by atoms with van der Waals surface area (Å²) >= 11 is 0. The van der Waals surface area contributed by atoms with E-state index in [0.717, 1.165) is 12.8 Å². The number of carboxylic acid groups (broad SMARTS) is 1. The average Bonchev–Trinajstić information content (AvgIpc) is 2.76. The SMILES string of the molecule is CCC1CCN(C(=O)NC(CCO)C(=O)O)C1. The molecule has 17 heavy (non-hydrogen) atoms. The molecule has 1 rings (SSSR count). The highest BCUT2D eigenvalue weighted by Gasteiger charge is 2.28. The molecule has 0 saturated carbocycles. The van der Waals surface area contributed by atoms with Crippen LogP contribution >= 0.6 is 0 Å². The molecule has 1 saturated heterocycles. The van der Waals surface area contributed by atoms with Crippen molar-refractivity contribution in [2.45, 2.75) is 32.2 Å². The van der Waals surface area contributed by atoms with Gasteiger partial charge in [-0.05, 0) is 12.3 Å². The molecule has 2 atom stereocenters. The van der Waals surface area contributed by atoms with Crippen LogP contribution in [0.1, 0.15) is 26.2 Å². The monoisotopic (exact) mass is 244 g/mol. The fraction of sp³-hybridized carbons (Fsp3) is 0.818. The van der Waals surface area contributed by atoms with Gasteiger partial charge < -0.3 is 20.4 Å². The Morgan fingerprint density at radius 3 is 2.71 bits per heavy atom. The highest BCUT2D eigenvalue weighted by Crippen LogP contribution is 2.18. The second-order valence-electron chi connectivity index (χ2n) is 4.36. The molecule has 3 N–H and O–H groups in total. The van der Waals surface area contributed by atoms with Crippen LogP contribution in [0, 0.1) is 5.92 Å². The summed E-state index contributed by atoms with van der Waals surface area (Å²) < 4.78 is 0. The lowest BCUT2D eigenvalue weighted by Crippen LogP contribution is -2.47. The van der Waals surface area contributed by atoms with E-state index in [9.17, 15) is 9.59 Å². The Morgan fingerprint density at radius 1 is 1.53 bits per heavy atom. The molecule has 0 aromatic carbocycles. The van der Waals surface area contributed by atoms with Gasteiger partial charge in [0.15, 0.2) is 0 Å². The van der Waals surface area contributed by atoms with Crippen LogP contribution in [0.2, 0.25) is 0 Å². The maximum Gasteiger partial charge on any atom is 0.326 e. The Labute approximate surface area is 101 Å². The molecule has 2 unspecified atom stereocenters. The number of carbonyl (C=O) groups is 2. The number of aliphatic carboxylic acids is 1. The molecule has 6 heteroatoms. The standard InChI is InChI=1S/C11H20N2O4/c1-2-8-3-5-13(7-8)11(17)12-9(4-6-14)10(15)16/h8-9,14H,2-7H2,1H3,(H,12,17)(H,15,16). The highest BCUT2D eigenvalue weighted by molar-refractivity contribution is 5.82. The van der Waals surface area contributed by atoms with Crippen molar-refractivity contribution in [3.63, 3.8) is 0 Å². The van der Waals surface area contributed by atoms with Crippen LogP contribution in [0.5, 0.6) is 0 Å². The summed E-state index contributed by atoms with van der Waals surface area (Å²) in [6.07, 6.45) is 2.04.